The van der Waals surface area contributed by atoms with Crippen LogP contribution in [0.15, 0.2) is 140 Å². The first-order valence-electron chi connectivity index (χ1n) is 15.4. The van der Waals surface area contributed by atoms with E-state index in [0.717, 1.165) is 53.8 Å². The SMILES string of the molecule is c1ccc(-c2nc(-c3ccc4sc5ccccc5c4c3)nc(-c3cccc4c3c3ccccc3n4-c3nc4ccccc4s3)n2)cc1. The second kappa shape index (κ2) is 10.4. The van der Waals surface area contributed by atoms with Crippen LogP contribution in [0.25, 0.3) is 91.5 Å². The zero-order valence-electron chi connectivity index (χ0n) is 24.8. The maximum Gasteiger partial charge on any atom is 0.195 e. The van der Waals surface area contributed by atoms with E-state index in [-0.39, 0.29) is 0 Å². The molecule has 0 unspecified atom stereocenters. The lowest BCUT2D eigenvalue weighted by Crippen LogP contribution is -2.00. The fourth-order valence-corrected chi connectivity index (χ4v) is 8.65. The molecule has 0 saturated carbocycles. The molecule has 0 radical (unpaired) electrons. The van der Waals surface area contributed by atoms with Crippen LogP contribution in [0.5, 0.6) is 0 Å². The van der Waals surface area contributed by atoms with Crippen molar-refractivity contribution in [1.82, 2.24) is 24.5 Å². The first-order chi connectivity index (χ1) is 23.3. The molecule has 0 bridgehead atoms. The Bertz CT molecular complexity index is 2780. The molecule has 220 valence electrons. The first-order valence-corrected chi connectivity index (χ1v) is 17.0. The van der Waals surface area contributed by atoms with Crippen LogP contribution >= 0.6 is 22.7 Å². The van der Waals surface area contributed by atoms with Gasteiger partial charge in [-0.05, 0) is 48.5 Å². The molecule has 47 heavy (non-hydrogen) atoms. The molecule has 0 atom stereocenters. The Balaban J connectivity index is 1.24. The van der Waals surface area contributed by atoms with Gasteiger partial charge in [0.2, 0.25) is 0 Å². The van der Waals surface area contributed by atoms with Gasteiger partial charge in [0.05, 0.1) is 21.3 Å². The molecule has 4 heterocycles. The summed E-state index contributed by atoms with van der Waals surface area (Å²) in [6.07, 6.45) is 0. The Morgan fingerprint density at radius 2 is 1.11 bits per heavy atom. The summed E-state index contributed by atoms with van der Waals surface area (Å²) < 4.78 is 5.96. The molecule has 10 rings (SSSR count). The third-order valence-corrected chi connectivity index (χ3v) is 10.9. The molecule has 4 aromatic heterocycles. The molecule has 6 aromatic carbocycles. The van der Waals surface area contributed by atoms with Crippen LogP contribution in [0.2, 0.25) is 0 Å². The van der Waals surface area contributed by atoms with Gasteiger partial charge in [-0.3, -0.25) is 4.57 Å². The Kier molecular flexibility index (Phi) is 5.85. The topological polar surface area (TPSA) is 56.5 Å². The molecule has 5 nitrogen and oxygen atoms in total. The third kappa shape index (κ3) is 4.21. The van der Waals surface area contributed by atoms with Crippen LogP contribution in [-0.2, 0) is 0 Å². The molecule has 0 spiro atoms. The summed E-state index contributed by atoms with van der Waals surface area (Å²) in [6, 6.07) is 48.5. The molecule has 10 aromatic rings. The normalized spacial score (nSPS) is 11.8. The Labute approximate surface area is 277 Å². The maximum atomic E-state index is 5.20. The van der Waals surface area contributed by atoms with E-state index in [1.54, 1.807) is 11.3 Å². The Hall–Kier alpha value is -5.76. The Morgan fingerprint density at radius 1 is 0.426 bits per heavy atom. The number of fused-ring (bicyclic) bond motifs is 7. The van der Waals surface area contributed by atoms with E-state index in [1.165, 1.54) is 20.2 Å². The monoisotopic (exact) mass is 637 g/mol. The van der Waals surface area contributed by atoms with Crippen molar-refractivity contribution < 1.29 is 0 Å². The van der Waals surface area contributed by atoms with Crippen LogP contribution < -0.4 is 0 Å². The van der Waals surface area contributed by atoms with Crippen molar-refractivity contribution in [2.75, 3.05) is 0 Å². The highest BCUT2D eigenvalue weighted by molar-refractivity contribution is 7.25. The van der Waals surface area contributed by atoms with E-state index in [0.29, 0.717) is 17.5 Å². The van der Waals surface area contributed by atoms with Gasteiger partial charge in [0.15, 0.2) is 22.6 Å². The van der Waals surface area contributed by atoms with Crippen LogP contribution in [-0.4, -0.2) is 24.5 Å². The quantitative estimate of drug-likeness (QED) is 0.193. The lowest BCUT2D eigenvalue weighted by molar-refractivity contribution is 1.08. The smallest absolute Gasteiger partial charge is 0.195 e. The molecule has 0 saturated heterocycles. The highest BCUT2D eigenvalue weighted by Crippen LogP contribution is 2.40. The van der Waals surface area contributed by atoms with Gasteiger partial charge in [0.1, 0.15) is 0 Å². The van der Waals surface area contributed by atoms with Crippen molar-refractivity contribution in [1.29, 1.82) is 0 Å². The molecule has 0 aliphatic heterocycles. The number of hydrogen-bond donors (Lipinski definition) is 0. The number of aromatic nitrogens is 5. The summed E-state index contributed by atoms with van der Waals surface area (Å²) in [7, 11) is 0. The number of benzene rings is 6. The number of hydrogen-bond acceptors (Lipinski definition) is 6. The van der Waals surface area contributed by atoms with Crippen molar-refractivity contribution in [2.45, 2.75) is 0 Å². The van der Waals surface area contributed by atoms with E-state index in [4.69, 9.17) is 19.9 Å². The average Bonchev–Trinajstić information content (AvgIpc) is 3.83. The van der Waals surface area contributed by atoms with Gasteiger partial charge >= 0.3 is 0 Å². The van der Waals surface area contributed by atoms with Gasteiger partial charge < -0.3 is 0 Å². The average molecular weight is 638 g/mol. The summed E-state index contributed by atoms with van der Waals surface area (Å²) in [6.45, 7) is 0. The van der Waals surface area contributed by atoms with E-state index in [1.807, 2.05) is 35.6 Å². The lowest BCUT2D eigenvalue weighted by Gasteiger charge is -2.10. The first kappa shape index (κ1) is 26.5. The molecule has 7 heteroatoms. The van der Waals surface area contributed by atoms with Crippen LogP contribution in [0.3, 0.4) is 0 Å². The summed E-state index contributed by atoms with van der Waals surface area (Å²) in [5, 5.41) is 5.63. The lowest BCUT2D eigenvalue weighted by atomic mass is 10.0. The predicted octanol–water partition coefficient (Wildman–Crippen LogP) is 10.9. The number of thiazole rings is 1. The van der Waals surface area contributed by atoms with Crippen molar-refractivity contribution >= 4 is 74.9 Å². The number of rotatable bonds is 4. The van der Waals surface area contributed by atoms with Gasteiger partial charge in [-0.25, -0.2) is 19.9 Å². The van der Waals surface area contributed by atoms with Crippen LogP contribution in [0.4, 0.5) is 0 Å². The Morgan fingerprint density at radius 3 is 1.98 bits per heavy atom. The molecule has 0 N–H and O–H groups in total. The van der Waals surface area contributed by atoms with Gasteiger partial charge in [-0.2, -0.15) is 0 Å². The van der Waals surface area contributed by atoms with Crippen molar-refractivity contribution in [3.8, 4) is 39.3 Å². The minimum atomic E-state index is 0.641. The summed E-state index contributed by atoms with van der Waals surface area (Å²) in [5.41, 5.74) is 6.04. The predicted molar refractivity (Wildman–Crippen MR) is 197 cm³/mol. The second-order valence-corrected chi connectivity index (χ2v) is 13.6. The third-order valence-electron chi connectivity index (χ3n) is 8.71. The van der Waals surface area contributed by atoms with E-state index in [9.17, 15) is 0 Å². The molecule has 0 fully saturated rings. The standard InChI is InChI=1S/C40H23N5S2/c1-2-11-24(12-3-1)37-42-38(25-21-22-34-29(23-25)26-13-5-8-19-33(26)46-34)44-39(43-37)28-15-10-18-32-36(28)27-14-4-7-17-31(27)45(32)40-41-30-16-6-9-20-35(30)47-40/h1-23H. The van der Waals surface area contributed by atoms with Crippen LogP contribution in [0, 0.1) is 0 Å². The summed E-state index contributed by atoms with van der Waals surface area (Å²) >= 11 is 3.51. The second-order valence-electron chi connectivity index (χ2n) is 11.5. The maximum absolute atomic E-state index is 5.20. The highest BCUT2D eigenvalue weighted by Gasteiger charge is 2.21. The van der Waals surface area contributed by atoms with Crippen LogP contribution in [0.1, 0.15) is 0 Å². The molecular weight excluding hydrogens is 615 g/mol. The zero-order valence-corrected chi connectivity index (χ0v) is 26.5. The van der Waals surface area contributed by atoms with E-state index in [2.05, 4.69) is 120 Å². The fraction of sp³-hybridized carbons (Fsp3) is 0. The molecule has 0 aliphatic rings. The summed E-state index contributed by atoms with van der Waals surface area (Å²) in [4.78, 5) is 20.4. The van der Waals surface area contributed by atoms with Gasteiger partial charge in [-0.15, -0.1) is 11.3 Å². The fourth-order valence-electron chi connectivity index (χ4n) is 6.57. The number of thiophene rings is 1. The molecule has 0 amide bonds. The highest BCUT2D eigenvalue weighted by atomic mass is 32.1. The number of para-hydroxylation sites is 2. The van der Waals surface area contributed by atoms with E-state index >= 15 is 0 Å². The molecular formula is C40H23N5S2. The van der Waals surface area contributed by atoms with Crippen molar-refractivity contribution in [3.05, 3.63) is 140 Å². The van der Waals surface area contributed by atoms with Crippen molar-refractivity contribution in [3.63, 3.8) is 0 Å². The number of nitrogens with zero attached hydrogens (tertiary/aromatic N) is 5. The zero-order chi connectivity index (χ0) is 30.9. The van der Waals surface area contributed by atoms with Gasteiger partial charge in [0, 0.05) is 47.6 Å². The van der Waals surface area contributed by atoms with E-state index < -0.39 is 0 Å². The molecule has 0 aliphatic carbocycles. The minimum Gasteiger partial charge on any atom is -0.285 e. The van der Waals surface area contributed by atoms with Gasteiger partial charge in [-0.1, -0.05) is 102 Å². The minimum absolute atomic E-state index is 0.641. The summed E-state index contributed by atoms with van der Waals surface area (Å²) in [5.74, 6) is 1.94. The van der Waals surface area contributed by atoms with Gasteiger partial charge in [0.25, 0.3) is 0 Å². The van der Waals surface area contributed by atoms with Crippen molar-refractivity contribution in [2.24, 2.45) is 0 Å². The largest absolute Gasteiger partial charge is 0.285 e.